The van der Waals surface area contributed by atoms with Crippen molar-refractivity contribution in [3.8, 4) is 5.75 Å². The first-order valence-electron chi connectivity index (χ1n) is 11.0. The molecule has 2 heterocycles. The van der Waals surface area contributed by atoms with Crippen molar-refractivity contribution in [3.05, 3.63) is 59.9 Å². The molecule has 1 aromatic heterocycles. The maximum atomic E-state index is 12.7. The van der Waals surface area contributed by atoms with Gasteiger partial charge < -0.3 is 18.8 Å². The molecular formula is C24H26N2O7S. The number of rotatable bonds is 7. The molecule has 0 N–H and O–H groups in total. The molecule has 1 amide bonds. The lowest BCUT2D eigenvalue weighted by Crippen LogP contribution is -2.51. The zero-order chi connectivity index (χ0) is 24.3. The second kappa shape index (κ2) is 9.86. The van der Waals surface area contributed by atoms with Gasteiger partial charge in [-0.2, -0.15) is 4.31 Å². The number of fused-ring (bicyclic) bond motifs is 1. The number of aryl methyl sites for hydroxylation is 1. The highest BCUT2D eigenvalue weighted by molar-refractivity contribution is 7.89. The van der Waals surface area contributed by atoms with E-state index in [1.807, 2.05) is 6.92 Å². The Labute approximate surface area is 197 Å². The van der Waals surface area contributed by atoms with Crippen molar-refractivity contribution < 1.29 is 31.9 Å². The van der Waals surface area contributed by atoms with Crippen LogP contribution in [-0.4, -0.2) is 68.9 Å². The van der Waals surface area contributed by atoms with Crippen LogP contribution in [0.3, 0.4) is 0 Å². The van der Waals surface area contributed by atoms with Crippen molar-refractivity contribution >= 4 is 32.9 Å². The third-order valence-electron chi connectivity index (χ3n) is 5.70. The summed E-state index contributed by atoms with van der Waals surface area (Å²) in [4.78, 5) is 26.8. The molecule has 1 aliphatic heterocycles. The molecule has 2 aromatic carbocycles. The first-order valence-corrected chi connectivity index (χ1v) is 12.4. The van der Waals surface area contributed by atoms with Crippen LogP contribution < -0.4 is 4.74 Å². The fourth-order valence-corrected chi connectivity index (χ4v) is 5.30. The summed E-state index contributed by atoms with van der Waals surface area (Å²) in [5.41, 5.74) is 1.13. The van der Waals surface area contributed by atoms with Gasteiger partial charge in [0, 0.05) is 37.1 Å². The number of amides is 1. The van der Waals surface area contributed by atoms with Gasteiger partial charge >= 0.3 is 5.97 Å². The Morgan fingerprint density at radius 3 is 2.41 bits per heavy atom. The van der Waals surface area contributed by atoms with E-state index in [0.717, 1.165) is 5.39 Å². The molecule has 4 rings (SSSR count). The summed E-state index contributed by atoms with van der Waals surface area (Å²) in [6.45, 7) is 4.46. The molecular weight excluding hydrogens is 460 g/mol. The monoisotopic (exact) mass is 486 g/mol. The topological polar surface area (TPSA) is 106 Å². The predicted octanol–water partition coefficient (Wildman–Crippen LogP) is 2.83. The molecule has 0 spiro atoms. The highest BCUT2D eigenvalue weighted by atomic mass is 32.2. The number of nitrogens with zero attached hydrogens (tertiary/aromatic N) is 2. The second-order valence-electron chi connectivity index (χ2n) is 7.82. The third-order valence-corrected chi connectivity index (χ3v) is 7.62. The number of furan rings is 1. The van der Waals surface area contributed by atoms with E-state index in [0.29, 0.717) is 23.5 Å². The van der Waals surface area contributed by atoms with Crippen LogP contribution in [0.5, 0.6) is 5.75 Å². The van der Waals surface area contributed by atoms with E-state index in [1.54, 1.807) is 55.5 Å². The number of carbonyl (C=O) groups is 2. The Kier molecular flexibility index (Phi) is 6.90. The van der Waals surface area contributed by atoms with Gasteiger partial charge in [0.2, 0.25) is 15.8 Å². The van der Waals surface area contributed by atoms with Crippen LogP contribution in [0.25, 0.3) is 11.0 Å². The van der Waals surface area contributed by atoms with E-state index in [9.17, 15) is 18.0 Å². The minimum absolute atomic E-state index is 0.0372. The normalized spacial score (nSPS) is 14.8. The molecule has 3 aromatic rings. The minimum atomic E-state index is -3.61. The molecule has 0 unspecified atom stereocenters. The van der Waals surface area contributed by atoms with Crippen LogP contribution in [0.1, 0.15) is 23.0 Å². The van der Waals surface area contributed by atoms with E-state index < -0.39 is 28.5 Å². The minimum Gasteiger partial charge on any atom is -0.494 e. The fourth-order valence-electron chi connectivity index (χ4n) is 3.85. The molecule has 0 aliphatic carbocycles. The first kappa shape index (κ1) is 23.8. The third kappa shape index (κ3) is 4.78. The van der Waals surface area contributed by atoms with Gasteiger partial charge in [-0.15, -0.1) is 0 Å². The first-order chi connectivity index (χ1) is 16.3. The molecule has 9 nitrogen and oxygen atoms in total. The second-order valence-corrected chi connectivity index (χ2v) is 9.76. The lowest BCUT2D eigenvalue weighted by molar-refractivity contribution is -0.135. The zero-order valence-corrected chi connectivity index (χ0v) is 19.8. The lowest BCUT2D eigenvalue weighted by atomic mass is 10.1. The Morgan fingerprint density at radius 2 is 1.74 bits per heavy atom. The molecule has 34 heavy (non-hydrogen) atoms. The van der Waals surface area contributed by atoms with E-state index in [4.69, 9.17) is 13.9 Å². The van der Waals surface area contributed by atoms with E-state index in [2.05, 4.69) is 0 Å². The Balaban J connectivity index is 1.34. The van der Waals surface area contributed by atoms with Crippen molar-refractivity contribution in [2.45, 2.75) is 18.7 Å². The fraction of sp³-hybridized carbons (Fsp3) is 0.333. The van der Waals surface area contributed by atoms with Gasteiger partial charge in [-0.3, -0.25) is 4.79 Å². The van der Waals surface area contributed by atoms with Crippen molar-refractivity contribution in [2.24, 2.45) is 0 Å². The van der Waals surface area contributed by atoms with Gasteiger partial charge in [0.25, 0.3) is 5.91 Å². The van der Waals surface area contributed by atoms with Gasteiger partial charge in [0.05, 0.1) is 11.5 Å². The molecule has 0 atom stereocenters. The summed E-state index contributed by atoms with van der Waals surface area (Å²) in [5.74, 6) is -0.416. The van der Waals surface area contributed by atoms with Crippen LogP contribution in [0, 0.1) is 6.92 Å². The van der Waals surface area contributed by atoms with E-state index in [-0.39, 0.29) is 36.8 Å². The average molecular weight is 487 g/mol. The van der Waals surface area contributed by atoms with E-state index >= 15 is 0 Å². The molecule has 1 aliphatic rings. The zero-order valence-electron chi connectivity index (χ0n) is 19.0. The van der Waals surface area contributed by atoms with Gasteiger partial charge in [-0.1, -0.05) is 18.2 Å². The highest BCUT2D eigenvalue weighted by Crippen LogP contribution is 2.29. The predicted molar refractivity (Wildman–Crippen MR) is 124 cm³/mol. The van der Waals surface area contributed by atoms with Crippen LogP contribution in [-0.2, 0) is 19.6 Å². The van der Waals surface area contributed by atoms with Crippen molar-refractivity contribution in [1.29, 1.82) is 0 Å². The van der Waals surface area contributed by atoms with E-state index in [1.165, 1.54) is 9.21 Å². The number of benzene rings is 2. The summed E-state index contributed by atoms with van der Waals surface area (Å²) < 4.78 is 43.2. The van der Waals surface area contributed by atoms with Crippen molar-refractivity contribution in [2.75, 3.05) is 39.4 Å². The summed E-state index contributed by atoms with van der Waals surface area (Å²) in [5, 5.41) is 0.736. The molecule has 10 heteroatoms. The van der Waals surface area contributed by atoms with Crippen LogP contribution in [0.2, 0.25) is 0 Å². The number of piperazine rings is 1. The average Bonchev–Trinajstić information content (AvgIpc) is 3.19. The van der Waals surface area contributed by atoms with Crippen LogP contribution in [0.15, 0.2) is 57.8 Å². The maximum Gasteiger partial charge on any atom is 0.375 e. The van der Waals surface area contributed by atoms with Gasteiger partial charge in [-0.25, -0.2) is 13.2 Å². The number of esters is 1. The lowest BCUT2D eigenvalue weighted by Gasteiger charge is -2.33. The molecule has 0 saturated carbocycles. The Bertz CT molecular complexity index is 1290. The number of hydrogen-bond acceptors (Lipinski definition) is 7. The molecule has 1 fully saturated rings. The van der Waals surface area contributed by atoms with Gasteiger partial charge in [0.15, 0.2) is 6.61 Å². The Hall–Kier alpha value is -3.37. The molecule has 180 valence electrons. The SMILES string of the molecule is CCOc1ccc2oc(C(=O)OCC(=O)N3CCN(S(=O)(=O)c4ccccc4)CC3)c(C)c2c1. The summed E-state index contributed by atoms with van der Waals surface area (Å²) in [6.07, 6.45) is 0. The summed E-state index contributed by atoms with van der Waals surface area (Å²) >= 11 is 0. The van der Waals surface area contributed by atoms with Crippen molar-refractivity contribution in [1.82, 2.24) is 9.21 Å². The van der Waals surface area contributed by atoms with Crippen LogP contribution >= 0.6 is 0 Å². The highest BCUT2D eigenvalue weighted by Gasteiger charge is 2.30. The summed E-state index contributed by atoms with van der Waals surface area (Å²) in [6, 6.07) is 13.5. The van der Waals surface area contributed by atoms with Gasteiger partial charge in [-0.05, 0) is 44.2 Å². The number of sulfonamides is 1. The number of carbonyl (C=O) groups excluding carboxylic acids is 2. The van der Waals surface area contributed by atoms with Gasteiger partial charge in [0.1, 0.15) is 11.3 Å². The molecule has 0 bridgehead atoms. The Morgan fingerprint density at radius 1 is 1.03 bits per heavy atom. The maximum absolute atomic E-state index is 12.7. The standard InChI is InChI=1S/C24H26N2O7S/c1-3-31-18-9-10-21-20(15-18)17(2)23(33-21)24(28)32-16-22(27)25-11-13-26(14-12-25)34(29,30)19-7-5-4-6-8-19/h4-10,15H,3,11-14,16H2,1-2H3. The summed E-state index contributed by atoms with van der Waals surface area (Å²) in [7, 11) is -3.61. The molecule has 1 saturated heterocycles. The number of ether oxygens (including phenoxy) is 2. The number of hydrogen-bond donors (Lipinski definition) is 0. The smallest absolute Gasteiger partial charge is 0.375 e. The quantitative estimate of drug-likeness (QED) is 0.473. The largest absolute Gasteiger partial charge is 0.494 e. The molecule has 0 radical (unpaired) electrons. The van der Waals surface area contributed by atoms with Crippen molar-refractivity contribution in [3.63, 3.8) is 0 Å². The van der Waals surface area contributed by atoms with Crippen LogP contribution in [0.4, 0.5) is 0 Å².